The molecule has 1 N–H and O–H groups in total. The fourth-order valence-corrected chi connectivity index (χ4v) is 4.08. The van der Waals surface area contributed by atoms with Crippen LogP contribution in [0.2, 0.25) is 0 Å². The summed E-state index contributed by atoms with van der Waals surface area (Å²) in [5, 5.41) is 2.89. The molecule has 1 fully saturated rings. The topological polar surface area (TPSA) is 89.4 Å². The van der Waals surface area contributed by atoms with Gasteiger partial charge in [-0.25, -0.2) is 14.6 Å². The highest BCUT2D eigenvalue weighted by Gasteiger charge is 2.28. The van der Waals surface area contributed by atoms with Gasteiger partial charge in [-0.05, 0) is 51.0 Å². The Morgan fingerprint density at radius 3 is 2.70 bits per heavy atom. The zero-order chi connectivity index (χ0) is 21.7. The lowest BCUT2D eigenvalue weighted by Gasteiger charge is -2.33. The van der Waals surface area contributed by atoms with E-state index in [1.54, 1.807) is 19.3 Å². The fraction of sp³-hybridized carbons (Fsp3) is 0.636. The van der Waals surface area contributed by atoms with Crippen LogP contribution in [-0.4, -0.2) is 57.2 Å². The molecule has 1 atom stereocenters. The van der Waals surface area contributed by atoms with E-state index in [1.165, 1.54) is 0 Å². The predicted molar refractivity (Wildman–Crippen MR) is 115 cm³/mol. The number of carbonyl (C=O) groups is 2. The number of fused-ring (bicyclic) bond motifs is 1. The van der Waals surface area contributed by atoms with Gasteiger partial charge in [0.05, 0.1) is 18.3 Å². The number of piperidine rings is 1. The Bertz CT molecular complexity index is 871. The first-order valence-electron chi connectivity index (χ1n) is 10.9. The summed E-state index contributed by atoms with van der Waals surface area (Å²) in [4.78, 5) is 35.5. The Morgan fingerprint density at radius 1 is 1.30 bits per heavy atom. The van der Waals surface area contributed by atoms with Gasteiger partial charge in [0.2, 0.25) is 0 Å². The molecule has 2 aromatic heterocycles. The number of hydrogen-bond acceptors (Lipinski definition) is 5. The van der Waals surface area contributed by atoms with Crippen molar-refractivity contribution in [3.05, 3.63) is 24.3 Å². The maximum absolute atomic E-state index is 12.7. The molecule has 0 spiro atoms. The maximum atomic E-state index is 12.7. The quantitative estimate of drug-likeness (QED) is 0.702. The molecule has 8 nitrogen and oxygen atoms in total. The fourth-order valence-electron chi connectivity index (χ4n) is 4.08. The first-order chi connectivity index (χ1) is 14.4. The minimum absolute atomic E-state index is 0.178. The number of amides is 2. The van der Waals surface area contributed by atoms with Crippen LogP contribution < -0.4 is 5.32 Å². The molecule has 3 rings (SSSR count). The zero-order valence-corrected chi connectivity index (χ0v) is 18.4. The predicted octanol–water partition coefficient (Wildman–Crippen LogP) is 3.14. The molecule has 0 unspecified atom stereocenters. The number of hydrogen-bond donors (Lipinski definition) is 1. The molecule has 0 saturated carbocycles. The molecule has 2 aromatic rings. The second kappa shape index (κ2) is 9.91. The summed E-state index contributed by atoms with van der Waals surface area (Å²) in [7, 11) is 0. The summed E-state index contributed by atoms with van der Waals surface area (Å²) in [6.45, 7) is 10.4. The number of urea groups is 1. The SMILES string of the molecule is CCOC(=O)[C@H](CC(C)C)NC(=O)N1CCC(Cn2c(C)nc3cnccc32)CC1. The number of carbonyl (C=O) groups excluding carboxylic acids is 2. The van der Waals surface area contributed by atoms with Crippen LogP contribution in [0.15, 0.2) is 18.5 Å². The van der Waals surface area contributed by atoms with Crippen LogP contribution in [-0.2, 0) is 16.1 Å². The maximum Gasteiger partial charge on any atom is 0.328 e. The summed E-state index contributed by atoms with van der Waals surface area (Å²) in [6.07, 6.45) is 6.01. The van der Waals surface area contributed by atoms with Crippen molar-refractivity contribution in [1.82, 2.24) is 24.8 Å². The van der Waals surface area contributed by atoms with Crippen LogP contribution in [0.5, 0.6) is 0 Å². The largest absolute Gasteiger partial charge is 0.464 e. The minimum atomic E-state index is -0.594. The van der Waals surface area contributed by atoms with Crippen LogP contribution in [0.1, 0.15) is 45.9 Å². The van der Waals surface area contributed by atoms with E-state index in [2.05, 4.69) is 19.9 Å². The number of esters is 1. The summed E-state index contributed by atoms with van der Waals surface area (Å²) < 4.78 is 7.38. The second-order valence-corrected chi connectivity index (χ2v) is 8.45. The van der Waals surface area contributed by atoms with Gasteiger partial charge in [0, 0.05) is 25.8 Å². The van der Waals surface area contributed by atoms with Gasteiger partial charge >= 0.3 is 12.0 Å². The van der Waals surface area contributed by atoms with E-state index < -0.39 is 6.04 Å². The Morgan fingerprint density at radius 2 is 2.03 bits per heavy atom. The van der Waals surface area contributed by atoms with Gasteiger partial charge in [0.25, 0.3) is 0 Å². The van der Waals surface area contributed by atoms with Crippen molar-refractivity contribution < 1.29 is 14.3 Å². The van der Waals surface area contributed by atoms with Gasteiger partial charge < -0.3 is 19.5 Å². The molecule has 1 saturated heterocycles. The number of rotatable bonds is 7. The van der Waals surface area contributed by atoms with Crippen LogP contribution >= 0.6 is 0 Å². The molecule has 164 valence electrons. The average Bonchev–Trinajstić information content (AvgIpc) is 3.03. The van der Waals surface area contributed by atoms with Gasteiger partial charge in [0.1, 0.15) is 17.4 Å². The summed E-state index contributed by atoms with van der Waals surface area (Å²) in [5.41, 5.74) is 2.02. The molecular formula is C22H33N5O3. The molecule has 1 aliphatic rings. The Balaban J connectivity index is 1.55. The highest BCUT2D eigenvalue weighted by Crippen LogP contribution is 2.23. The van der Waals surface area contributed by atoms with E-state index in [0.29, 0.717) is 32.0 Å². The lowest BCUT2D eigenvalue weighted by Crippen LogP contribution is -2.51. The highest BCUT2D eigenvalue weighted by molar-refractivity contribution is 5.83. The molecule has 3 heterocycles. The smallest absolute Gasteiger partial charge is 0.328 e. The number of aromatic nitrogens is 3. The summed E-state index contributed by atoms with van der Waals surface area (Å²) in [6, 6.07) is 1.23. The molecule has 2 amide bonds. The third-order valence-electron chi connectivity index (χ3n) is 5.66. The highest BCUT2D eigenvalue weighted by atomic mass is 16.5. The third kappa shape index (κ3) is 5.29. The molecule has 1 aliphatic heterocycles. The average molecular weight is 416 g/mol. The Kier molecular flexibility index (Phi) is 7.29. The van der Waals surface area contributed by atoms with E-state index in [9.17, 15) is 9.59 Å². The molecule has 0 aliphatic carbocycles. The number of aryl methyl sites for hydroxylation is 1. The Labute approximate surface area is 178 Å². The second-order valence-electron chi connectivity index (χ2n) is 8.45. The zero-order valence-electron chi connectivity index (χ0n) is 18.4. The number of ether oxygens (including phenoxy) is 1. The Hall–Kier alpha value is -2.64. The standard InChI is InChI=1S/C22H33N5O3/c1-5-30-21(28)18(12-15(2)3)25-22(29)26-10-7-17(8-11-26)14-27-16(4)24-19-13-23-9-6-20(19)27/h6,9,13,15,17-18H,5,7-8,10-12,14H2,1-4H3,(H,25,29)/t18-/m0/s1. The number of nitrogens with one attached hydrogen (secondary N) is 1. The number of likely N-dealkylation sites (tertiary alicyclic amines) is 1. The first-order valence-corrected chi connectivity index (χ1v) is 10.9. The van der Waals surface area contributed by atoms with E-state index in [4.69, 9.17) is 4.74 Å². The summed E-state index contributed by atoms with van der Waals surface area (Å²) >= 11 is 0. The van der Waals surface area contributed by atoms with E-state index in [1.807, 2.05) is 31.7 Å². The van der Waals surface area contributed by atoms with Crippen molar-refractivity contribution in [2.45, 2.75) is 59.5 Å². The van der Waals surface area contributed by atoms with Gasteiger partial charge in [-0.1, -0.05) is 13.8 Å². The van der Waals surface area contributed by atoms with Crippen LogP contribution in [0.25, 0.3) is 11.0 Å². The summed E-state index contributed by atoms with van der Waals surface area (Å²) in [5.74, 6) is 1.40. The van der Waals surface area contributed by atoms with Crippen LogP contribution in [0.4, 0.5) is 4.79 Å². The van der Waals surface area contributed by atoms with Crippen molar-refractivity contribution in [2.24, 2.45) is 11.8 Å². The molecule has 8 heteroatoms. The molecule has 30 heavy (non-hydrogen) atoms. The molecule has 0 radical (unpaired) electrons. The van der Waals surface area contributed by atoms with Crippen LogP contribution in [0.3, 0.4) is 0 Å². The molecule has 0 bridgehead atoms. The monoisotopic (exact) mass is 415 g/mol. The van der Waals surface area contributed by atoms with E-state index in [-0.39, 0.29) is 17.9 Å². The van der Waals surface area contributed by atoms with Crippen molar-refractivity contribution in [3.8, 4) is 0 Å². The van der Waals surface area contributed by atoms with Crippen molar-refractivity contribution in [2.75, 3.05) is 19.7 Å². The van der Waals surface area contributed by atoms with Crippen LogP contribution in [0, 0.1) is 18.8 Å². The van der Waals surface area contributed by atoms with Gasteiger partial charge in [0.15, 0.2) is 0 Å². The third-order valence-corrected chi connectivity index (χ3v) is 5.66. The molecular weight excluding hydrogens is 382 g/mol. The van der Waals surface area contributed by atoms with Gasteiger partial charge in [-0.2, -0.15) is 0 Å². The lowest BCUT2D eigenvalue weighted by molar-refractivity contribution is -0.145. The van der Waals surface area contributed by atoms with E-state index in [0.717, 1.165) is 36.2 Å². The number of nitrogens with zero attached hydrogens (tertiary/aromatic N) is 4. The lowest BCUT2D eigenvalue weighted by atomic mass is 9.96. The van der Waals surface area contributed by atoms with Crippen molar-refractivity contribution in [1.29, 1.82) is 0 Å². The number of pyridine rings is 1. The minimum Gasteiger partial charge on any atom is -0.464 e. The van der Waals surface area contributed by atoms with Gasteiger partial charge in [-0.15, -0.1) is 0 Å². The molecule has 0 aromatic carbocycles. The van der Waals surface area contributed by atoms with Crippen molar-refractivity contribution >= 4 is 23.0 Å². The van der Waals surface area contributed by atoms with E-state index >= 15 is 0 Å². The van der Waals surface area contributed by atoms with Crippen molar-refractivity contribution in [3.63, 3.8) is 0 Å². The normalized spacial score (nSPS) is 16.1. The van der Waals surface area contributed by atoms with Gasteiger partial charge in [-0.3, -0.25) is 4.98 Å². The first kappa shape index (κ1) is 22.1. The number of imidazole rings is 1.